The molecule has 0 aliphatic rings. The van der Waals surface area contributed by atoms with Crippen molar-refractivity contribution in [2.24, 2.45) is 5.92 Å². The van der Waals surface area contributed by atoms with Crippen molar-refractivity contribution in [3.8, 4) is 0 Å². The molecule has 20 heavy (non-hydrogen) atoms. The van der Waals surface area contributed by atoms with Gasteiger partial charge in [0.1, 0.15) is 11.1 Å². The van der Waals surface area contributed by atoms with Crippen molar-refractivity contribution in [2.45, 2.75) is 66.5 Å². The zero-order valence-electron chi connectivity index (χ0n) is 13.7. The van der Waals surface area contributed by atoms with E-state index in [9.17, 15) is 0 Å². The fourth-order valence-corrected chi connectivity index (χ4v) is 3.35. The van der Waals surface area contributed by atoms with Crippen molar-refractivity contribution < 1.29 is 4.74 Å². The normalized spacial score (nSPS) is 13.1. The molecule has 0 bridgehead atoms. The van der Waals surface area contributed by atoms with Gasteiger partial charge in [0.15, 0.2) is 0 Å². The minimum atomic E-state index is 0.177. The summed E-state index contributed by atoms with van der Waals surface area (Å²) in [4.78, 5) is 6.28. The van der Waals surface area contributed by atoms with E-state index in [4.69, 9.17) is 9.72 Å². The van der Waals surface area contributed by atoms with Crippen molar-refractivity contribution in [1.82, 2.24) is 10.3 Å². The van der Waals surface area contributed by atoms with Crippen molar-refractivity contribution in [3.63, 3.8) is 0 Å². The van der Waals surface area contributed by atoms with E-state index in [0.29, 0.717) is 5.92 Å². The summed E-state index contributed by atoms with van der Waals surface area (Å²) in [6.45, 7) is 13.6. The summed E-state index contributed by atoms with van der Waals surface area (Å²) < 4.78 is 5.87. The van der Waals surface area contributed by atoms with Crippen LogP contribution in [0.4, 0.5) is 0 Å². The highest BCUT2D eigenvalue weighted by Crippen LogP contribution is 2.30. The van der Waals surface area contributed by atoms with Gasteiger partial charge in [0.05, 0.1) is 5.69 Å². The van der Waals surface area contributed by atoms with Gasteiger partial charge in [0, 0.05) is 18.0 Å². The molecule has 3 nitrogen and oxygen atoms in total. The van der Waals surface area contributed by atoms with Gasteiger partial charge >= 0.3 is 0 Å². The fraction of sp³-hybridized carbons (Fsp3) is 0.812. The molecule has 0 aromatic carbocycles. The monoisotopic (exact) mass is 298 g/mol. The van der Waals surface area contributed by atoms with Crippen LogP contribution in [0.25, 0.3) is 0 Å². The second-order valence-corrected chi connectivity index (χ2v) is 6.65. The second-order valence-electron chi connectivity index (χ2n) is 5.53. The molecule has 1 aromatic rings. The molecule has 1 unspecified atom stereocenters. The molecule has 4 heteroatoms. The quantitative estimate of drug-likeness (QED) is 0.698. The maximum Gasteiger partial charge on any atom is 0.122 e. The first-order chi connectivity index (χ1) is 9.62. The van der Waals surface area contributed by atoms with Crippen LogP contribution in [0.2, 0.25) is 0 Å². The molecule has 0 amide bonds. The smallest absolute Gasteiger partial charge is 0.122 e. The van der Waals surface area contributed by atoms with E-state index in [2.05, 4.69) is 39.9 Å². The molecule has 0 spiro atoms. The van der Waals surface area contributed by atoms with Gasteiger partial charge in [-0.25, -0.2) is 4.98 Å². The Kier molecular flexibility index (Phi) is 8.34. The van der Waals surface area contributed by atoms with Crippen LogP contribution < -0.4 is 5.32 Å². The number of hydrogen-bond donors (Lipinski definition) is 1. The first-order valence-electron chi connectivity index (χ1n) is 7.93. The lowest BCUT2D eigenvalue weighted by molar-refractivity contribution is 0.0554. The maximum absolute atomic E-state index is 5.87. The molecule has 0 radical (unpaired) electrons. The molecule has 1 rings (SSSR count). The van der Waals surface area contributed by atoms with Crippen LogP contribution >= 0.6 is 11.3 Å². The van der Waals surface area contributed by atoms with Gasteiger partial charge in [-0.1, -0.05) is 34.1 Å². The Bertz CT molecular complexity index is 371. The lowest BCUT2D eigenvalue weighted by atomic mass is 10.1. The number of nitrogens with zero attached hydrogens (tertiary/aromatic N) is 1. The predicted molar refractivity (Wildman–Crippen MR) is 87.3 cm³/mol. The number of rotatable bonds is 10. The first-order valence-corrected chi connectivity index (χ1v) is 8.74. The number of thiazole rings is 1. The molecule has 1 heterocycles. The Hall–Kier alpha value is -0.450. The van der Waals surface area contributed by atoms with Gasteiger partial charge in [-0.05, 0) is 32.2 Å². The van der Waals surface area contributed by atoms with Crippen LogP contribution in [0.1, 0.15) is 69.1 Å². The van der Waals surface area contributed by atoms with Gasteiger partial charge < -0.3 is 10.1 Å². The number of nitrogens with one attached hydrogen (secondary N) is 1. The third-order valence-corrected chi connectivity index (χ3v) is 4.32. The van der Waals surface area contributed by atoms with E-state index in [-0.39, 0.29) is 6.10 Å². The fourth-order valence-electron chi connectivity index (χ4n) is 2.21. The minimum absolute atomic E-state index is 0.177. The van der Waals surface area contributed by atoms with Gasteiger partial charge in [-0.15, -0.1) is 11.3 Å². The average Bonchev–Trinajstić information content (AvgIpc) is 2.78. The molecular weight excluding hydrogens is 268 g/mol. The summed E-state index contributed by atoms with van der Waals surface area (Å²) in [7, 11) is 0. The Balaban J connectivity index is 2.91. The average molecular weight is 298 g/mol. The van der Waals surface area contributed by atoms with Crippen LogP contribution in [0, 0.1) is 5.92 Å². The molecular formula is C16H30N2OS. The SMILES string of the molecule is CCCC(OCC)c1nc(CC(C)C)c(CNCC)s1. The molecule has 0 aliphatic carbocycles. The van der Waals surface area contributed by atoms with E-state index in [1.165, 1.54) is 10.6 Å². The lowest BCUT2D eigenvalue weighted by Gasteiger charge is -2.12. The molecule has 0 saturated carbocycles. The standard InChI is InChI=1S/C16H30N2OS/c1-6-9-14(19-8-3)16-18-13(10-12(4)5)15(20-16)11-17-7-2/h12,14,17H,6-11H2,1-5H3. The van der Waals surface area contributed by atoms with Gasteiger partial charge in [0.2, 0.25) is 0 Å². The summed E-state index contributed by atoms with van der Waals surface area (Å²) in [5.41, 5.74) is 1.27. The van der Waals surface area contributed by atoms with Gasteiger partial charge in [0.25, 0.3) is 0 Å². The largest absolute Gasteiger partial charge is 0.371 e. The molecule has 0 saturated heterocycles. The third kappa shape index (κ3) is 5.51. The van der Waals surface area contributed by atoms with Gasteiger partial charge in [-0.3, -0.25) is 0 Å². The number of ether oxygens (including phenoxy) is 1. The maximum atomic E-state index is 5.87. The number of aromatic nitrogens is 1. The van der Waals surface area contributed by atoms with E-state index in [1.54, 1.807) is 0 Å². The molecule has 116 valence electrons. The molecule has 1 atom stereocenters. The van der Waals surface area contributed by atoms with E-state index < -0.39 is 0 Å². The first kappa shape index (κ1) is 17.6. The predicted octanol–water partition coefficient (Wildman–Crippen LogP) is 4.33. The molecule has 1 aromatic heterocycles. The highest BCUT2D eigenvalue weighted by molar-refractivity contribution is 7.11. The van der Waals surface area contributed by atoms with Crippen LogP contribution in [-0.4, -0.2) is 18.1 Å². The summed E-state index contributed by atoms with van der Waals surface area (Å²) in [5.74, 6) is 0.641. The summed E-state index contributed by atoms with van der Waals surface area (Å²) >= 11 is 1.83. The molecule has 0 fully saturated rings. The zero-order valence-corrected chi connectivity index (χ0v) is 14.5. The Labute approximate surface area is 128 Å². The summed E-state index contributed by atoms with van der Waals surface area (Å²) in [5, 5.41) is 4.59. The minimum Gasteiger partial charge on any atom is -0.371 e. The highest BCUT2D eigenvalue weighted by atomic mass is 32.1. The van der Waals surface area contributed by atoms with Crippen LogP contribution in [0.3, 0.4) is 0 Å². The Morgan fingerprint density at radius 2 is 2.00 bits per heavy atom. The van der Waals surface area contributed by atoms with Crippen molar-refractivity contribution in [1.29, 1.82) is 0 Å². The van der Waals surface area contributed by atoms with Crippen LogP contribution in [0.15, 0.2) is 0 Å². The summed E-state index contributed by atoms with van der Waals surface area (Å²) in [6, 6.07) is 0. The third-order valence-electron chi connectivity index (χ3n) is 3.13. The van der Waals surface area contributed by atoms with Crippen molar-refractivity contribution in [3.05, 3.63) is 15.6 Å². The van der Waals surface area contributed by atoms with E-state index in [1.807, 2.05) is 11.3 Å². The Morgan fingerprint density at radius 1 is 1.25 bits per heavy atom. The second kappa shape index (κ2) is 9.48. The topological polar surface area (TPSA) is 34.1 Å². The van der Waals surface area contributed by atoms with Crippen molar-refractivity contribution >= 4 is 11.3 Å². The lowest BCUT2D eigenvalue weighted by Crippen LogP contribution is -2.12. The summed E-state index contributed by atoms with van der Waals surface area (Å²) in [6.07, 6.45) is 3.42. The molecule has 0 aliphatic heterocycles. The highest BCUT2D eigenvalue weighted by Gasteiger charge is 2.19. The van der Waals surface area contributed by atoms with E-state index in [0.717, 1.165) is 44.0 Å². The molecule has 1 N–H and O–H groups in total. The van der Waals surface area contributed by atoms with Crippen LogP contribution in [0.5, 0.6) is 0 Å². The van der Waals surface area contributed by atoms with Gasteiger partial charge in [-0.2, -0.15) is 0 Å². The van der Waals surface area contributed by atoms with E-state index >= 15 is 0 Å². The Morgan fingerprint density at radius 3 is 2.55 bits per heavy atom. The van der Waals surface area contributed by atoms with Crippen molar-refractivity contribution in [2.75, 3.05) is 13.2 Å². The van der Waals surface area contributed by atoms with Crippen LogP contribution in [-0.2, 0) is 17.7 Å². The zero-order chi connectivity index (χ0) is 15.0. The number of hydrogen-bond acceptors (Lipinski definition) is 4.